The lowest BCUT2D eigenvalue weighted by Crippen LogP contribution is -2.15. The second-order valence-corrected chi connectivity index (χ2v) is 4.80. The number of hydrogen-bond acceptors (Lipinski definition) is 1. The summed E-state index contributed by atoms with van der Waals surface area (Å²) in [4.78, 5) is 0. The summed E-state index contributed by atoms with van der Waals surface area (Å²) < 4.78 is 2.21. The molecule has 0 amide bonds. The van der Waals surface area contributed by atoms with E-state index in [1.807, 2.05) is 0 Å². The molecule has 0 aliphatic rings. The molecule has 2 N–H and O–H groups in total. The molecule has 0 radical (unpaired) electrons. The SMILES string of the molecule is Cc1ccc2c(CC[C@H](C)N)cn(C)c2c1. The molecule has 0 saturated carbocycles. The Morgan fingerprint density at radius 2 is 2.12 bits per heavy atom. The van der Waals surface area contributed by atoms with Crippen molar-refractivity contribution in [1.82, 2.24) is 4.57 Å². The fourth-order valence-electron chi connectivity index (χ4n) is 2.16. The highest BCUT2D eigenvalue weighted by Crippen LogP contribution is 2.23. The van der Waals surface area contributed by atoms with Gasteiger partial charge in [0, 0.05) is 30.2 Å². The van der Waals surface area contributed by atoms with Gasteiger partial charge in [0.15, 0.2) is 0 Å². The summed E-state index contributed by atoms with van der Waals surface area (Å²) in [7, 11) is 2.11. The molecule has 2 heteroatoms. The fourth-order valence-corrected chi connectivity index (χ4v) is 2.16. The van der Waals surface area contributed by atoms with Crippen molar-refractivity contribution in [2.75, 3.05) is 0 Å². The third-order valence-corrected chi connectivity index (χ3v) is 3.10. The summed E-state index contributed by atoms with van der Waals surface area (Å²) in [6, 6.07) is 6.92. The van der Waals surface area contributed by atoms with Crippen LogP contribution in [0, 0.1) is 6.92 Å². The molecule has 2 aromatic rings. The molecule has 2 nitrogen and oxygen atoms in total. The second-order valence-electron chi connectivity index (χ2n) is 4.80. The Bertz CT molecular complexity index is 495. The minimum Gasteiger partial charge on any atom is -0.350 e. The zero-order chi connectivity index (χ0) is 11.7. The van der Waals surface area contributed by atoms with Crippen LogP contribution in [0.2, 0.25) is 0 Å². The van der Waals surface area contributed by atoms with E-state index in [1.165, 1.54) is 22.0 Å². The highest BCUT2D eigenvalue weighted by molar-refractivity contribution is 5.84. The first-order chi connectivity index (χ1) is 7.58. The van der Waals surface area contributed by atoms with E-state index < -0.39 is 0 Å². The number of aryl methyl sites for hydroxylation is 3. The third-order valence-electron chi connectivity index (χ3n) is 3.10. The van der Waals surface area contributed by atoms with Gasteiger partial charge < -0.3 is 10.3 Å². The number of fused-ring (bicyclic) bond motifs is 1. The lowest BCUT2D eigenvalue weighted by atomic mass is 10.0. The molecule has 0 fully saturated rings. The summed E-state index contributed by atoms with van der Waals surface area (Å²) in [6.07, 6.45) is 4.34. The van der Waals surface area contributed by atoms with Gasteiger partial charge in [0.1, 0.15) is 0 Å². The van der Waals surface area contributed by atoms with Crippen molar-refractivity contribution in [3.05, 3.63) is 35.5 Å². The number of hydrogen-bond donors (Lipinski definition) is 1. The van der Waals surface area contributed by atoms with Gasteiger partial charge in [0.25, 0.3) is 0 Å². The Kier molecular flexibility index (Phi) is 3.01. The number of aromatic nitrogens is 1. The predicted molar refractivity (Wildman–Crippen MR) is 69.6 cm³/mol. The van der Waals surface area contributed by atoms with Gasteiger partial charge in [-0.1, -0.05) is 12.1 Å². The Morgan fingerprint density at radius 3 is 2.81 bits per heavy atom. The van der Waals surface area contributed by atoms with E-state index in [0.717, 1.165) is 12.8 Å². The van der Waals surface area contributed by atoms with E-state index in [-0.39, 0.29) is 6.04 Å². The number of benzene rings is 1. The quantitative estimate of drug-likeness (QED) is 0.840. The first-order valence-corrected chi connectivity index (χ1v) is 5.88. The van der Waals surface area contributed by atoms with Crippen LogP contribution < -0.4 is 5.73 Å². The molecule has 0 spiro atoms. The Labute approximate surface area is 97.1 Å². The lowest BCUT2D eigenvalue weighted by molar-refractivity contribution is 0.667. The molecule has 0 aliphatic carbocycles. The smallest absolute Gasteiger partial charge is 0.0483 e. The number of nitrogens with zero attached hydrogens (tertiary/aromatic N) is 1. The summed E-state index contributed by atoms with van der Waals surface area (Å²) >= 11 is 0. The Hall–Kier alpha value is -1.28. The van der Waals surface area contributed by atoms with Crippen molar-refractivity contribution in [2.45, 2.75) is 32.7 Å². The summed E-state index contributed by atoms with van der Waals surface area (Å²) in [6.45, 7) is 4.20. The maximum Gasteiger partial charge on any atom is 0.0483 e. The molecule has 1 atom stereocenters. The monoisotopic (exact) mass is 216 g/mol. The van der Waals surface area contributed by atoms with E-state index in [2.05, 4.69) is 49.9 Å². The van der Waals surface area contributed by atoms with Gasteiger partial charge >= 0.3 is 0 Å². The van der Waals surface area contributed by atoms with Gasteiger partial charge in [-0.05, 0) is 43.9 Å². The van der Waals surface area contributed by atoms with Crippen LogP contribution >= 0.6 is 0 Å². The molecule has 0 unspecified atom stereocenters. The molecule has 0 aliphatic heterocycles. The van der Waals surface area contributed by atoms with Crippen LogP contribution in [0.25, 0.3) is 10.9 Å². The zero-order valence-electron chi connectivity index (χ0n) is 10.3. The van der Waals surface area contributed by atoms with Crippen LogP contribution in [-0.4, -0.2) is 10.6 Å². The fraction of sp³-hybridized carbons (Fsp3) is 0.429. The van der Waals surface area contributed by atoms with Gasteiger partial charge in [0.05, 0.1) is 0 Å². The van der Waals surface area contributed by atoms with Gasteiger partial charge in [-0.25, -0.2) is 0 Å². The van der Waals surface area contributed by atoms with E-state index >= 15 is 0 Å². The molecule has 1 aromatic heterocycles. The summed E-state index contributed by atoms with van der Waals surface area (Å²) in [5.41, 5.74) is 9.85. The summed E-state index contributed by atoms with van der Waals surface area (Å²) in [5.74, 6) is 0. The largest absolute Gasteiger partial charge is 0.350 e. The van der Waals surface area contributed by atoms with Crippen LogP contribution in [-0.2, 0) is 13.5 Å². The third kappa shape index (κ3) is 2.12. The molecule has 86 valence electrons. The standard InChI is InChI=1S/C14H20N2/c1-10-4-7-13-12(6-5-11(2)15)9-16(3)14(13)8-10/h4,7-9,11H,5-6,15H2,1-3H3/t11-/m0/s1. The molecule has 16 heavy (non-hydrogen) atoms. The Balaban J connectivity index is 2.39. The van der Waals surface area contributed by atoms with Crippen molar-refractivity contribution >= 4 is 10.9 Å². The number of rotatable bonds is 3. The molecule has 2 rings (SSSR count). The Morgan fingerprint density at radius 1 is 1.38 bits per heavy atom. The van der Waals surface area contributed by atoms with Crippen LogP contribution in [0.4, 0.5) is 0 Å². The maximum atomic E-state index is 5.81. The average molecular weight is 216 g/mol. The van der Waals surface area contributed by atoms with Gasteiger partial charge in [-0.3, -0.25) is 0 Å². The molecular weight excluding hydrogens is 196 g/mol. The van der Waals surface area contributed by atoms with Crippen molar-refractivity contribution in [3.8, 4) is 0 Å². The van der Waals surface area contributed by atoms with Crippen LogP contribution in [0.5, 0.6) is 0 Å². The van der Waals surface area contributed by atoms with Crippen LogP contribution in [0.15, 0.2) is 24.4 Å². The van der Waals surface area contributed by atoms with Crippen LogP contribution in [0.1, 0.15) is 24.5 Å². The second kappa shape index (κ2) is 4.30. The average Bonchev–Trinajstić information content (AvgIpc) is 2.53. The van der Waals surface area contributed by atoms with E-state index in [1.54, 1.807) is 0 Å². The van der Waals surface area contributed by atoms with Gasteiger partial charge in [0.2, 0.25) is 0 Å². The highest BCUT2D eigenvalue weighted by atomic mass is 14.9. The van der Waals surface area contributed by atoms with Crippen molar-refractivity contribution < 1.29 is 0 Å². The first-order valence-electron chi connectivity index (χ1n) is 5.88. The zero-order valence-corrected chi connectivity index (χ0v) is 10.3. The molecule has 1 aromatic carbocycles. The predicted octanol–water partition coefficient (Wildman–Crippen LogP) is 2.77. The first kappa shape index (κ1) is 11.2. The van der Waals surface area contributed by atoms with Gasteiger partial charge in [-0.15, -0.1) is 0 Å². The minimum atomic E-state index is 0.278. The minimum absolute atomic E-state index is 0.278. The summed E-state index contributed by atoms with van der Waals surface area (Å²) in [5, 5.41) is 1.37. The lowest BCUT2D eigenvalue weighted by Gasteiger charge is -2.03. The molecule has 0 bridgehead atoms. The molecule has 1 heterocycles. The van der Waals surface area contributed by atoms with Gasteiger partial charge in [-0.2, -0.15) is 0 Å². The van der Waals surface area contributed by atoms with E-state index in [9.17, 15) is 0 Å². The van der Waals surface area contributed by atoms with Crippen molar-refractivity contribution in [2.24, 2.45) is 12.8 Å². The van der Waals surface area contributed by atoms with Crippen molar-refractivity contribution in [3.63, 3.8) is 0 Å². The van der Waals surface area contributed by atoms with Crippen molar-refractivity contribution in [1.29, 1.82) is 0 Å². The van der Waals surface area contributed by atoms with Crippen LogP contribution in [0.3, 0.4) is 0 Å². The van der Waals surface area contributed by atoms with E-state index in [0.29, 0.717) is 0 Å². The maximum absolute atomic E-state index is 5.81. The molecular formula is C14H20N2. The van der Waals surface area contributed by atoms with E-state index in [4.69, 9.17) is 5.73 Å². The molecule has 0 saturated heterocycles. The number of nitrogens with two attached hydrogens (primary N) is 1. The highest BCUT2D eigenvalue weighted by Gasteiger charge is 2.07. The normalized spacial score (nSPS) is 13.2. The topological polar surface area (TPSA) is 30.9 Å².